The molecule has 0 radical (unpaired) electrons. The first-order valence-electron chi connectivity index (χ1n) is 7.45. The summed E-state index contributed by atoms with van der Waals surface area (Å²) in [5.41, 5.74) is 1.30. The second-order valence-corrected chi connectivity index (χ2v) is 7.77. The fourth-order valence-electron chi connectivity index (χ4n) is 2.86. The van der Waals surface area contributed by atoms with Crippen LogP contribution in [-0.2, 0) is 10.0 Å². The summed E-state index contributed by atoms with van der Waals surface area (Å²) < 4.78 is 27.9. The van der Waals surface area contributed by atoms with Crippen LogP contribution in [0.4, 0.5) is 5.69 Å². The van der Waals surface area contributed by atoms with E-state index in [4.69, 9.17) is 0 Å². The monoisotopic (exact) mass is 334 g/mol. The molecular formula is C16H20N3O3S+. The second kappa shape index (κ2) is 5.59. The van der Waals surface area contributed by atoms with Gasteiger partial charge < -0.3 is 9.80 Å². The van der Waals surface area contributed by atoms with E-state index in [1.165, 1.54) is 4.90 Å². The van der Waals surface area contributed by atoms with E-state index in [-0.39, 0.29) is 10.8 Å². The van der Waals surface area contributed by atoms with Gasteiger partial charge in [0.25, 0.3) is 5.91 Å². The van der Waals surface area contributed by atoms with Crippen LogP contribution in [0.3, 0.4) is 0 Å². The van der Waals surface area contributed by atoms with Crippen LogP contribution in [0.2, 0.25) is 0 Å². The van der Waals surface area contributed by atoms with Gasteiger partial charge in [-0.15, -0.1) is 0 Å². The summed E-state index contributed by atoms with van der Waals surface area (Å²) in [4.78, 5) is 15.2. The lowest BCUT2D eigenvalue weighted by Crippen LogP contribution is -3.06. The molecular weight excluding hydrogens is 314 g/mol. The molecule has 3 rings (SSSR count). The third kappa shape index (κ3) is 2.60. The Morgan fingerprint density at radius 2 is 1.91 bits per heavy atom. The first-order valence-corrected chi connectivity index (χ1v) is 8.94. The first kappa shape index (κ1) is 15.9. The number of carbonyl (C=O) groups excluding carboxylic acids is 1. The molecule has 2 N–H and O–H groups in total. The smallest absolute Gasteiger partial charge is 0.258 e. The summed E-state index contributed by atoms with van der Waals surface area (Å²) in [6.45, 7) is 1.06. The molecule has 122 valence electrons. The average molecular weight is 334 g/mol. The van der Waals surface area contributed by atoms with E-state index >= 15 is 0 Å². The van der Waals surface area contributed by atoms with Crippen molar-refractivity contribution in [3.05, 3.63) is 35.9 Å². The van der Waals surface area contributed by atoms with Crippen molar-refractivity contribution in [3.63, 3.8) is 0 Å². The highest BCUT2D eigenvalue weighted by molar-refractivity contribution is 7.89. The van der Waals surface area contributed by atoms with Crippen LogP contribution in [0.25, 0.3) is 10.8 Å². The highest BCUT2D eigenvalue weighted by Crippen LogP contribution is 2.39. The van der Waals surface area contributed by atoms with Crippen molar-refractivity contribution in [2.75, 3.05) is 39.1 Å². The minimum atomic E-state index is -3.62. The van der Waals surface area contributed by atoms with E-state index in [0.29, 0.717) is 29.4 Å². The number of sulfonamides is 1. The van der Waals surface area contributed by atoms with Crippen LogP contribution in [0, 0.1) is 0 Å². The molecule has 1 heterocycles. The molecule has 1 aliphatic heterocycles. The van der Waals surface area contributed by atoms with E-state index in [1.54, 1.807) is 42.3 Å². The Hall–Kier alpha value is -1.96. The van der Waals surface area contributed by atoms with Gasteiger partial charge in [-0.05, 0) is 18.2 Å². The Kier molecular flexibility index (Phi) is 3.87. The zero-order chi connectivity index (χ0) is 16.8. The lowest BCUT2D eigenvalue weighted by molar-refractivity contribution is -0.856. The fourth-order valence-corrected chi connectivity index (χ4v) is 4.09. The standard InChI is InChI=1S/C16H19N3O3S/c1-18(2)10-9-17-23(21,22)14-8-7-13-15-11(14)5-4-6-12(15)16(20)19(13)3/h4-8,17H,9-10H2,1-3H3/p+1. The van der Waals surface area contributed by atoms with Crippen LogP contribution < -0.4 is 14.5 Å². The molecule has 0 bridgehead atoms. The summed E-state index contributed by atoms with van der Waals surface area (Å²) in [5.74, 6) is -0.107. The maximum Gasteiger partial charge on any atom is 0.258 e. The molecule has 0 saturated heterocycles. The van der Waals surface area contributed by atoms with Gasteiger partial charge in [0, 0.05) is 23.4 Å². The molecule has 0 fully saturated rings. The van der Waals surface area contributed by atoms with Gasteiger partial charge in [0.1, 0.15) is 0 Å². The molecule has 2 aromatic rings. The number of hydrogen-bond donors (Lipinski definition) is 2. The average Bonchev–Trinajstić information content (AvgIpc) is 2.74. The third-order valence-electron chi connectivity index (χ3n) is 4.08. The van der Waals surface area contributed by atoms with Gasteiger partial charge in [0.05, 0.1) is 37.8 Å². The highest BCUT2D eigenvalue weighted by atomic mass is 32.2. The van der Waals surface area contributed by atoms with Crippen molar-refractivity contribution >= 4 is 32.4 Å². The lowest BCUT2D eigenvalue weighted by atomic mass is 10.1. The zero-order valence-corrected chi connectivity index (χ0v) is 14.2. The summed E-state index contributed by atoms with van der Waals surface area (Å²) >= 11 is 0. The molecule has 0 atom stereocenters. The van der Waals surface area contributed by atoms with Crippen molar-refractivity contribution in [1.82, 2.24) is 4.72 Å². The number of carbonyl (C=O) groups is 1. The van der Waals surface area contributed by atoms with Crippen molar-refractivity contribution in [2.24, 2.45) is 0 Å². The van der Waals surface area contributed by atoms with Crippen LogP contribution in [0.5, 0.6) is 0 Å². The van der Waals surface area contributed by atoms with Gasteiger partial charge in [0.15, 0.2) is 0 Å². The number of anilines is 1. The van der Waals surface area contributed by atoms with Crippen molar-refractivity contribution in [2.45, 2.75) is 4.90 Å². The number of rotatable bonds is 5. The summed E-state index contributed by atoms with van der Waals surface area (Å²) in [6, 6.07) is 8.48. The Labute approximate surface area is 135 Å². The minimum absolute atomic E-state index is 0.107. The van der Waals surface area contributed by atoms with Gasteiger partial charge in [0.2, 0.25) is 10.0 Å². The van der Waals surface area contributed by atoms with E-state index in [0.717, 1.165) is 5.69 Å². The zero-order valence-electron chi connectivity index (χ0n) is 13.4. The molecule has 0 aliphatic carbocycles. The number of nitrogens with zero attached hydrogens (tertiary/aromatic N) is 1. The predicted molar refractivity (Wildman–Crippen MR) is 89.5 cm³/mol. The topological polar surface area (TPSA) is 70.9 Å². The first-order chi connectivity index (χ1) is 10.8. The third-order valence-corrected chi connectivity index (χ3v) is 5.60. The van der Waals surface area contributed by atoms with Crippen LogP contribution in [-0.4, -0.2) is 48.6 Å². The molecule has 2 aromatic carbocycles. The number of benzene rings is 2. The van der Waals surface area contributed by atoms with Crippen molar-refractivity contribution in [3.8, 4) is 0 Å². The van der Waals surface area contributed by atoms with Crippen LogP contribution >= 0.6 is 0 Å². The van der Waals surface area contributed by atoms with Crippen LogP contribution in [0.15, 0.2) is 35.2 Å². The second-order valence-electron chi connectivity index (χ2n) is 6.03. The minimum Gasteiger partial charge on any atom is -0.339 e. The number of likely N-dealkylation sites (N-methyl/N-ethyl adjacent to an activating group) is 1. The molecule has 0 saturated carbocycles. The fraction of sp³-hybridized carbons (Fsp3) is 0.312. The normalized spacial score (nSPS) is 14.3. The molecule has 7 heteroatoms. The molecule has 1 aliphatic rings. The Morgan fingerprint density at radius 1 is 1.17 bits per heavy atom. The summed E-state index contributed by atoms with van der Waals surface area (Å²) in [5, 5.41) is 1.29. The summed E-state index contributed by atoms with van der Waals surface area (Å²) in [7, 11) is 2.02. The number of amides is 1. The van der Waals surface area contributed by atoms with E-state index in [9.17, 15) is 13.2 Å². The molecule has 0 spiro atoms. The quantitative estimate of drug-likeness (QED) is 0.799. The molecule has 1 amide bonds. The van der Waals surface area contributed by atoms with Gasteiger partial charge in [-0.2, -0.15) is 0 Å². The SMILES string of the molecule is CN1C(=O)c2cccc3c(S(=O)(=O)NCC[NH+](C)C)ccc1c23. The maximum atomic E-state index is 12.6. The Bertz CT molecular complexity index is 891. The van der Waals surface area contributed by atoms with Gasteiger partial charge in [-0.25, -0.2) is 13.1 Å². The Balaban J connectivity index is 2.09. The van der Waals surface area contributed by atoms with E-state index in [1.807, 2.05) is 14.1 Å². The van der Waals surface area contributed by atoms with Crippen LogP contribution in [0.1, 0.15) is 10.4 Å². The number of quaternary nitrogens is 1. The molecule has 0 aromatic heterocycles. The van der Waals surface area contributed by atoms with E-state index in [2.05, 4.69) is 4.72 Å². The van der Waals surface area contributed by atoms with Gasteiger partial charge in [-0.1, -0.05) is 12.1 Å². The van der Waals surface area contributed by atoms with Gasteiger partial charge >= 0.3 is 0 Å². The van der Waals surface area contributed by atoms with Crippen molar-refractivity contribution < 1.29 is 18.1 Å². The molecule has 6 nitrogen and oxygen atoms in total. The van der Waals surface area contributed by atoms with E-state index < -0.39 is 10.0 Å². The lowest BCUT2D eigenvalue weighted by Gasteiger charge is -2.13. The number of hydrogen-bond acceptors (Lipinski definition) is 3. The number of nitrogens with one attached hydrogen (secondary N) is 2. The largest absolute Gasteiger partial charge is 0.339 e. The maximum absolute atomic E-state index is 12.6. The highest BCUT2D eigenvalue weighted by Gasteiger charge is 2.29. The molecule has 0 unspecified atom stereocenters. The summed E-state index contributed by atoms with van der Waals surface area (Å²) in [6.07, 6.45) is 0. The predicted octanol–water partition coefficient (Wildman–Crippen LogP) is -0.147. The Morgan fingerprint density at radius 3 is 2.61 bits per heavy atom. The molecule has 23 heavy (non-hydrogen) atoms. The van der Waals surface area contributed by atoms with Crippen molar-refractivity contribution in [1.29, 1.82) is 0 Å². The van der Waals surface area contributed by atoms with Gasteiger partial charge in [-0.3, -0.25) is 4.79 Å².